The molecule has 1 N–H and O–H groups in total. The molecule has 1 heterocycles. The molecule has 28 heavy (non-hydrogen) atoms. The molecule has 1 fully saturated rings. The van der Waals surface area contributed by atoms with Crippen molar-refractivity contribution in [3.63, 3.8) is 0 Å². The molecule has 2 rings (SSSR count). The topological polar surface area (TPSA) is 75.7 Å². The van der Waals surface area contributed by atoms with Crippen molar-refractivity contribution < 1.29 is 19.1 Å². The monoisotopic (exact) mass is 446 g/mol. The highest BCUT2D eigenvalue weighted by atomic mass is 35.5. The van der Waals surface area contributed by atoms with Gasteiger partial charge >= 0.3 is 5.97 Å². The molecule has 6 nitrogen and oxygen atoms in total. The minimum atomic E-state index is -0.652. The number of nitrogens with one attached hydrogen (secondary N) is 1. The predicted octanol–water partition coefficient (Wildman–Crippen LogP) is 3.26. The molecule has 0 aromatic heterocycles. The molecule has 0 bridgehead atoms. The quantitative estimate of drug-likeness (QED) is 0.650. The zero-order valence-corrected chi connectivity index (χ0v) is 18.2. The molecule has 0 spiro atoms. The molecule has 154 valence electrons. The van der Waals surface area contributed by atoms with Crippen molar-refractivity contribution in [2.75, 3.05) is 32.2 Å². The highest BCUT2D eigenvalue weighted by molar-refractivity contribution is 7.98. The highest BCUT2D eigenvalue weighted by Crippen LogP contribution is 2.22. The number of esters is 1. The fraction of sp³-hybridized carbons (Fsp3) is 0.526. The van der Waals surface area contributed by atoms with E-state index in [1.54, 1.807) is 22.7 Å². The lowest BCUT2D eigenvalue weighted by molar-refractivity contribution is -0.149. The summed E-state index contributed by atoms with van der Waals surface area (Å²) in [6.07, 6.45) is 3.57. The van der Waals surface area contributed by atoms with Crippen molar-refractivity contribution in [2.45, 2.75) is 25.3 Å². The van der Waals surface area contributed by atoms with Crippen LogP contribution in [0.4, 0.5) is 0 Å². The van der Waals surface area contributed by atoms with Gasteiger partial charge in [0.1, 0.15) is 6.04 Å². The van der Waals surface area contributed by atoms with E-state index < -0.39 is 11.9 Å². The first-order chi connectivity index (χ1) is 13.4. The summed E-state index contributed by atoms with van der Waals surface area (Å²) in [6, 6.07) is 3.96. The summed E-state index contributed by atoms with van der Waals surface area (Å²) in [5.41, 5.74) is 0.275. The van der Waals surface area contributed by atoms with Crippen molar-refractivity contribution in [3.05, 3.63) is 33.8 Å². The number of hydrogen-bond donors (Lipinski definition) is 1. The van der Waals surface area contributed by atoms with Gasteiger partial charge in [-0.05, 0) is 49.5 Å². The fourth-order valence-corrected chi connectivity index (χ4v) is 4.09. The average molecular weight is 447 g/mol. The Morgan fingerprint density at radius 1 is 1.29 bits per heavy atom. The number of hydrogen-bond acceptors (Lipinski definition) is 5. The van der Waals surface area contributed by atoms with Gasteiger partial charge in [0.05, 0.1) is 23.6 Å². The standard InChI is InChI=1S/C19H24Cl2N2O4S/c1-27-19(26)12-5-8-23(9-6-12)18(25)16(7-10-28-2)22-17(24)14-4-3-13(20)11-15(14)21/h3-4,11-12,16H,5-10H2,1-2H3,(H,22,24). The summed E-state index contributed by atoms with van der Waals surface area (Å²) in [6.45, 7) is 0.928. The van der Waals surface area contributed by atoms with Crippen molar-refractivity contribution in [2.24, 2.45) is 5.92 Å². The summed E-state index contributed by atoms with van der Waals surface area (Å²) >= 11 is 13.6. The molecule has 1 saturated heterocycles. The van der Waals surface area contributed by atoms with E-state index in [0.717, 1.165) is 5.75 Å². The number of thioether (sulfide) groups is 1. The van der Waals surface area contributed by atoms with E-state index in [2.05, 4.69) is 5.32 Å². The number of likely N-dealkylation sites (tertiary alicyclic amines) is 1. The van der Waals surface area contributed by atoms with Crippen LogP contribution in [-0.2, 0) is 14.3 Å². The summed E-state index contributed by atoms with van der Waals surface area (Å²) < 4.78 is 4.78. The molecule has 0 saturated carbocycles. The van der Waals surface area contributed by atoms with Gasteiger partial charge in [-0.2, -0.15) is 11.8 Å². The smallest absolute Gasteiger partial charge is 0.308 e. The van der Waals surface area contributed by atoms with Crippen LogP contribution in [0.2, 0.25) is 10.0 Å². The second-order valence-electron chi connectivity index (χ2n) is 6.55. The van der Waals surface area contributed by atoms with Crippen LogP contribution in [0.3, 0.4) is 0 Å². The van der Waals surface area contributed by atoms with Gasteiger partial charge in [0.15, 0.2) is 0 Å². The first kappa shape index (κ1) is 22.8. The number of nitrogens with zero attached hydrogens (tertiary/aromatic N) is 1. The molecule has 9 heteroatoms. The third-order valence-electron chi connectivity index (χ3n) is 4.73. The van der Waals surface area contributed by atoms with Crippen molar-refractivity contribution in [3.8, 4) is 0 Å². The van der Waals surface area contributed by atoms with E-state index in [1.165, 1.54) is 19.2 Å². The minimum Gasteiger partial charge on any atom is -0.469 e. The molecule has 2 amide bonds. The van der Waals surface area contributed by atoms with E-state index in [4.69, 9.17) is 27.9 Å². The van der Waals surface area contributed by atoms with Gasteiger partial charge in [-0.25, -0.2) is 0 Å². The maximum Gasteiger partial charge on any atom is 0.308 e. The number of methoxy groups -OCH3 is 1. The van der Waals surface area contributed by atoms with Gasteiger partial charge in [-0.1, -0.05) is 23.2 Å². The second kappa shape index (κ2) is 10.9. The van der Waals surface area contributed by atoms with Gasteiger partial charge < -0.3 is 15.0 Å². The van der Waals surface area contributed by atoms with E-state index >= 15 is 0 Å². The first-order valence-corrected chi connectivity index (χ1v) is 11.1. The SMILES string of the molecule is COC(=O)C1CCN(C(=O)C(CCSC)NC(=O)c2ccc(Cl)cc2Cl)CC1. The number of rotatable bonds is 7. The van der Waals surface area contributed by atoms with Crippen LogP contribution in [0, 0.1) is 5.92 Å². The summed E-state index contributed by atoms with van der Waals surface area (Å²) in [5.74, 6) is -0.247. The molecule has 1 aromatic carbocycles. The number of carbonyl (C=O) groups is 3. The lowest BCUT2D eigenvalue weighted by Gasteiger charge is -2.33. The van der Waals surface area contributed by atoms with Gasteiger partial charge in [0.25, 0.3) is 5.91 Å². The number of piperidine rings is 1. The molecule has 0 radical (unpaired) electrons. The summed E-state index contributed by atoms with van der Waals surface area (Å²) in [7, 11) is 1.37. The predicted molar refractivity (Wildman–Crippen MR) is 112 cm³/mol. The maximum atomic E-state index is 13.0. The van der Waals surface area contributed by atoms with Crippen molar-refractivity contribution in [1.82, 2.24) is 10.2 Å². The fourth-order valence-electron chi connectivity index (χ4n) is 3.13. The van der Waals surface area contributed by atoms with Crippen LogP contribution in [0.1, 0.15) is 29.6 Å². The Balaban J connectivity index is 2.05. The largest absolute Gasteiger partial charge is 0.469 e. The molecular formula is C19H24Cl2N2O4S. The summed E-state index contributed by atoms with van der Waals surface area (Å²) in [4.78, 5) is 39.0. The third-order valence-corrected chi connectivity index (χ3v) is 5.92. The first-order valence-electron chi connectivity index (χ1n) is 8.98. The number of carbonyl (C=O) groups excluding carboxylic acids is 3. The van der Waals surface area contributed by atoms with E-state index in [-0.39, 0.29) is 28.4 Å². The van der Waals surface area contributed by atoms with Crippen LogP contribution in [0.5, 0.6) is 0 Å². The second-order valence-corrected chi connectivity index (χ2v) is 8.38. The number of benzene rings is 1. The third kappa shape index (κ3) is 6.03. The van der Waals surface area contributed by atoms with E-state index in [0.29, 0.717) is 37.4 Å². The van der Waals surface area contributed by atoms with Gasteiger partial charge in [-0.15, -0.1) is 0 Å². The number of ether oxygens (including phenoxy) is 1. The van der Waals surface area contributed by atoms with Crippen molar-refractivity contribution >= 4 is 52.7 Å². The number of halogens is 2. The Bertz CT molecular complexity index is 724. The molecule has 1 aromatic rings. The molecule has 1 aliphatic heterocycles. The Morgan fingerprint density at radius 2 is 1.96 bits per heavy atom. The zero-order valence-electron chi connectivity index (χ0n) is 15.9. The van der Waals surface area contributed by atoms with E-state index in [1.807, 2.05) is 6.26 Å². The molecule has 1 aliphatic rings. The molecule has 1 atom stereocenters. The Morgan fingerprint density at radius 3 is 2.54 bits per heavy atom. The Labute approximate surface area is 179 Å². The van der Waals surface area contributed by atoms with Crippen molar-refractivity contribution in [1.29, 1.82) is 0 Å². The van der Waals surface area contributed by atoms with Crippen LogP contribution < -0.4 is 5.32 Å². The van der Waals surface area contributed by atoms with E-state index in [9.17, 15) is 14.4 Å². The summed E-state index contributed by atoms with van der Waals surface area (Å²) in [5, 5.41) is 3.48. The minimum absolute atomic E-state index is 0.143. The molecule has 1 unspecified atom stereocenters. The van der Waals surface area contributed by atoms with Crippen LogP contribution >= 0.6 is 35.0 Å². The molecule has 0 aliphatic carbocycles. The highest BCUT2D eigenvalue weighted by Gasteiger charge is 2.32. The Hall–Kier alpha value is -1.44. The van der Waals surface area contributed by atoms with Gasteiger partial charge in [0, 0.05) is 18.1 Å². The Kier molecular flexibility index (Phi) is 8.92. The molecular weight excluding hydrogens is 423 g/mol. The average Bonchev–Trinajstić information content (AvgIpc) is 2.69. The zero-order chi connectivity index (χ0) is 20.7. The van der Waals surface area contributed by atoms with Gasteiger partial charge in [0.2, 0.25) is 5.91 Å². The maximum absolute atomic E-state index is 13.0. The number of amides is 2. The lowest BCUT2D eigenvalue weighted by Crippen LogP contribution is -2.51. The van der Waals surface area contributed by atoms with Crippen LogP contribution in [-0.4, -0.2) is 60.9 Å². The normalized spacial score (nSPS) is 15.8. The van der Waals surface area contributed by atoms with Crippen LogP contribution in [0.15, 0.2) is 18.2 Å². The van der Waals surface area contributed by atoms with Crippen LogP contribution in [0.25, 0.3) is 0 Å². The van der Waals surface area contributed by atoms with Gasteiger partial charge in [-0.3, -0.25) is 14.4 Å². The lowest BCUT2D eigenvalue weighted by atomic mass is 9.96.